The number of unbranched alkanes of at least 4 members (excludes halogenated alkanes) is 1. The van der Waals surface area contributed by atoms with Crippen LogP contribution in [0.3, 0.4) is 0 Å². The summed E-state index contributed by atoms with van der Waals surface area (Å²) in [4.78, 5) is 0. The molecule has 1 aromatic rings. The molecule has 0 aliphatic rings. The highest BCUT2D eigenvalue weighted by molar-refractivity contribution is 7.92. The third-order valence-corrected chi connectivity index (χ3v) is 3.72. The van der Waals surface area contributed by atoms with Crippen molar-refractivity contribution < 1.29 is 22.3 Å². The summed E-state index contributed by atoms with van der Waals surface area (Å²) in [5.41, 5.74) is -0.470. The number of sulfonamides is 1. The number of aliphatic hydroxyl groups excluding tert-OH is 1. The second kappa shape index (κ2) is 6.31. The minimum Gasteiger partial charge on any atom is -0.396 e. The maximum atomic E-state index is 13.3. The van der Waals surface area contributed by atoms with Crippen LogP contribution in [0, 0.1) is 11.6 Å². The summed E-state index contributed by atoms with van der Waals surface area (Å²) in [5.74, 6) is -2.24. The summed E-state index contributed by atoms with van der Waals surface area (Å²) in [6.45, 7) is -0.124. The lowest BCUT2D eigenvalue weighted by atomic mass is 10.3. The van der Waals surface area contributed by atoms with E-state index in [4.69, 9.17) is 16.7 Å². The van der Waals surface area contributed by atoms with Gasteiger partial charge in [-0.05, 0) is 18.9 Å². The van der Waals surface area contributed by atoms with Crippen LogP contribution in [0.4, 0.5) is 14.5 Å². The number of nitrogens with one attached hydrogen (secondary N) is 1. The zero-order valence-electron chi connectivity index (χ0n) is 9.29. The third-order valence-electron chi connectivity index (χ3n) is 2.09. The summed E-state index contributed by atoms with van der Waals surface area (Å²) in [5, 5.41) is 8.18. The Labute approximate surface area is 109 Å². The molecular formula is C10H12ClF2NO3S. The molecule has 0 aliphatic carbocycles. The van der Waals surface area contributed by atoms with Crippen LogP contribution in [0.15, 0.2) is 12.1 Å². The number of halogens is 3. The van der Waals surface area contributed by atoms with Gasteiger partial charge in [-0.25, -0.2) is 17.2 Å². The molecule has 0 aliphatic heterocycles. The van der Waals surface area contributed by atoms with Crippen LogP contribution in [0.5, 0.6) is 0 Å². The summed E-state index contributed by atoms with van der Waals surface area (Å²) < 4.78 is 51.2. The van der Waals surface area contributed by atoms with Crippen LogP contribution in [0.25, 0.3) is 0 Å². The SMILES string of the molecule is O=S(=O)(CCCCO)Nc1c(F)cc(F)cc1Cl. The fourth-order valence-electron chi connectivity index (χ4n) is 1.25. The lowest BCUT2D eigenvalue weighted by molar-refractivity contribution is 0.287. The summed E-state index contributed by atoms with van der Waals surface area (Å²) in [7, 11) is -3.77. The number of aliphatic hydroxyl groups is 1. The molecule has 0 radical (unpaired) electrons. The van der Waals surface area contributed by atoms with Crippen LogP contribution >= 0.6 is 11.6 Å². The molecule has 0 heterocycles. The molecule has 1 rings (SSSR count). The number of rotatable bonds is 6. The maximum Gasteiger partial charge on any atom is 0.232 e. The van der Waals surface area contributed by atoms with Gasteiger partial charge in [-0.15, -0.1) is 0 Å². The Morgan fingerprint density at radius 1 is 1.28 bits per heavy atom. The molecule has 0 spiro atoms. The Balaban J connectivity index is 2.84. The Morgan fingerprint density at radius 2 is 1.94 bits per heavy atom. The fourth-order valence-corrected chi connectivity index (χ4v) is 2.75. The molecule has 0 fully saturated rings. The minimum atomic E-state index is -3.77. The molecule has 0 saturated heterocycles. The van der Waals surface area contributed by atoms with E-state index in [1.165, 1.54) is 0 Å². The number of benzene rings is 1. The molecular weight excluding hydrogens is 288 g/mol. The zero-order chi connectivity index (χ0) is 13.8. The zero-order valence-corrected chi connectivity index (χ0v) is 10.9. The first kappa shape index (κ1) is 15.1. The van der Waals surface area contributed by atoms with Crippen molar-refractivity contribution in [2.45, 2.75) is 12.8 Å². The van der Waals surface area contributed by atoms with Gasteiger partial charge in [0.25, 0.3) is 0 Å². The number of hydrogen-bond donors (Lipinski definition) is 2. The van der Waals surface area contributed by atoms with Gasteiger partial charge >= 0.3 is 0 Å². The molecule has 0 unspecified atom stereocenters. The van der Waals surface area contributed by atoms with Crippen molar-refractivity contribution in [2.75, 3.05) is 17.1 Å². The lowest BCUT2D eigenvalue weighted by Crippen LogP contribution is -2.18. The quantitative estimate of drug-likeness (QED) is 0.791. The van der Waals surface area contributed by atoms with Gasteiger partial charge < -0.3 is 5.11 Å². The lowest BCUT2D eigenvalue weighted by Gasteiger charge is -2.10. The van der Waals surface area contributed by atoms with Gasteiger partial charge in [-0.2, -0.15) is 0 Å². The Hall–Kier alpha value is -0.920. The molecule has 102 valence electrons. The molecule has 0 amide bonds. The van der Waals surface area contributed by atoms with Gasteiger partial charge in [-0.1, -0.05) is 11.6 Å². The van der Waals surface area contributed by atoms with Crippen molar-refractivity contribution in [3.8, 4) is 0 Å². The molecule has 2 N–H and O–H groups in total. The first-order valence-corrected chi connectivity index (χ1v) is 7.14. The van der Waals surface area contributed by atoms with Crippen molar-refractivity contribution in [2.24, 2.45) is 0 Å². The van der Waals surface area contributed by atoms with E-state index in [1.807, 2.05) is 4.72 Å². The highest BCUT2D eigenvalue weighted by Gasteiger charge is 2.16. The summed E-state index contributed by atoms with van der Waals surface area (Å²) in [6, 6.07) is 1.35. The van der Waals surface area contributed by atoms with Gasteiger partial charge in [0.05, 0.1) is 10.8 Å². The van der Waals surface area contributed by atoms with Crippen molar-refractivity contribution in [3.05, 3.63) is 28.8 Å². The van der Waals surface area contributed by atoms with E-state index in [0.29, 0.717) is 12.5 Å². The summed E-state index contributed by atoms with van der Waals surface area (Å²) >= 11 is 5.56. The molecule has 0 aromatic heterocycles. The normalized spacial score (nSPS) is 11.6. The van der Waals surface area contributed by atoms with E-state index in [-0.39, 0.29) is 23.8 Å². The average molecular weight is 300 g/mol. The Kier molecular flexibility index (Phi) is 5.30. The van der Waals surface area contributed by atoms with Crippen LogP contribution in [0.2, 0.25) is 5.02 Å². The molecule has 0 bridgehead atoms. The third kappa shape index (κ3) is 4.40. The largest absolute Gasteiger partial charge is 0.396 e. The Bertz CT molecular complexity index is 499. The van der Waals surface area contributed by atoms with Gasteiger partial charge in [0, 0.05) is 12.7 Å². The van der Waals surface area contributed by atoms with Crippen LogP contribution in [0.1, 0.15) is 12.8 Å². The molecule has 8 heteroatoms. The summed E-state index contributed by atoms with van der Waals surface area (Å²) in [6.07, 6.45) is 0.548. The minimum absolute atomic E-state index is 0.124. The topological polar surface area (TPSA) is 66.4 Å². The van der Waals surface area contributed by atoms with E-state index in [9.17, 15) is 17.2 Å². The Morgan fingerprint density at radius 3 is 2.50 bits per heavy atom. The highest BCUT2D eigenvalue weighted by Crippen LogP contribution is 2.27. The number of hydrogen-bond acceptors (Lipinski definition) is 3. The highest BCUT2D eigenvalue weighted by atomic mass is 35.5. The standard InChI is InChI=1S/C10H12ClF2NO3S/c11-8-5-7(12)6-9(13)10(8)14-18(16,17)4-2-1-3-15/h5-6,14-15H,1-4H2. The van der Waals surface area contributed by atoms with E-state index in [0.717, 1.165) is 6.07 Å². The number of anilines is 1. The molecule has 4 nitrogen and oxygen atoms in total. The van der Waals surface area contributed by atoms with E-state index in [2.05, 4.69) is 0 Å². The molecule has 18 heavy (non-hydrogen) atoms. The van der Waals surface area contributed by atoms with E-state index < -0.39 is 27.3 Å². The van der Waals surface area contributed by atoms with E-state index in [1.54, 1.807) is 0 Å². The molecule has 0 saturated carbocycles. The fraction of sp³-hybridized carbons (Fsp3) is 0.400. The predicted octanol–water partition coefficient (Wildman–Crippen LogP) is 2.13. The van der Waals surface area contributed by atoms with Crippen molar-refractivity contribution in [1.29, 1.82) is 0 Å². The smallest absolute Gasteiger partial charge is 0.232 e. The molecule has 1 aromatic carbocycles. The molecule has 0 atom stereocenters. The predicted molar refractivity (Wildman–Crippen MR) is 65.1 cm³/mol. The van der Waals surface area contributed by atoms with Gasteiger partial charge in [0.1, 0.15) is 11.5 Å². The van der Waals surface area contributed by atoms with Gasteiger partial charge in [0.2, 0.25) is 10.0 Å². The van der Waals surface area contributed by atoms with Crippen molar-refractivity contribution in [1.82, 2.24) is 0 Å². The van der Waals surface area contributed by atoms with Crippen LogP contribution < -0.4 is 4.72 Å². The first-order chi connectivity index (χ1) is 8.35. The monoisotopic (exact) mass is 299 g/mol. The van der Waals surface area contributed by atoms with Crippen molar-refractivity contribution in [3.63, 3.8) is 0 Å². The second-order valence-electron chi connectivity index (χ2n) is 3.60. The van der Waals surface area contributed by atoms with Gasteiger partial charge in [0.15, 0.2) is 5.82 Å². The van der Waals surface area contributed by atoms with Crippen LogP contribution in [-0.2, 0) is 10.0 Å². The maximum absolute atomic E-state index is 13.3. The van der Waals surface area contributed by atoms with E-state index >= 15 is 0 Å². The average Bonchev–Trinajstić information content (AvgIpc) is 2.23. The van der Waals surface area contributed by atoms with Gasteiger partial charge in [-0.3, -0.25) is 4.72 Å². The van der Waals surface area contributed by atoms with Crippen molar-refractivity contribution >= 4 is 27.3 Å². The first-order valence-electron chi connectivity index (χ1n) is 5.11. The second-order valence-corrected chi connectivity index (χ2v) is 5.85. The van der Waals surface area contributed by atoms with Crippen LogP contribution in [-0.4, -0.2) is 25.9 Å².